The molecule has 5 heteroatoms. The normalized spacial score (nSPS) is 30.8. The van der Waals surface area contributed by atoms with Crippen LogP contribution in [0.25, 0.3) is 0 Å². The van der Waals surface area contributed by atoms with Gasteiger partial charge in [0, 0.05) is 26.3 Å². The molecule has 5 rings (SSSR count). The van der Waals surface area contributed by atoms with Crippen LogP contribution in [0, 0.1) is 23.2 Å². The zero-order chi connectivity index (χ0) is 19.0. The standard InChI is InChI=1S/C22H30N2O3/c1-24(2)19-5-3-4-18(9-19)21(26)27-13-20(25)23-14-22-10-15-6-16(11-22)8-17(7-15)12-22/h3-5,9,15-17H,6-8,10-14H2,1-2H3,(H,23,25). The van der Waals surface area contributed by atoms with Crippen molar-refractivity contribution in [3.8, 4) is 0 Å². The van der Waals surface area contributed by atoms with E-state index in [2.05, 4.69) is 5.32 Å². The Labute approximate surface area is 161 Å². The van der Waals surface area contributed by atoms with Crippen molar-refractivity contribution < 1.29 is 14.3 Å². The highest BCUT2D eigenvalue weighted by atomic mass is 16.5. The summed E-state index contributed by atoms with van der Waals surface area (Å²) in [5.41, 5.74) is 1.69. The molecule has 1 aromatic carbocycles. The number of carbonyl (C=O) groups is 2. The molecule has 5 nitrogen and oxygen atoms in total. The maximum atomic E-state index is 12.3. The Morgan fingerprint density at radius 3 is 2.33 bits per heavy atom. The van der Waals surface area contributed by atoms with Crippen LogP contribution in [0.5, 0.6) is 0 Å². The summed E-state index contributed by atoms with van der Waals surface area (Å²) in [6.07, 6.45) is 7.98. The van der Waals surface area contributed by atoms with Gasteiger partial charge in [0.1, 0.15) is 0 Å². The van der Waals surface area contributed by atoms with Crippen molar-refractivity contribution in [2.24, 2.45) is 23.2 Å². The number of nitrogens with zero attached hydrogens (tertiary/aromatic N) is 1. The van der Waals surface area contributed by atoms with E-state index in [1.165, 1.54) is 38.5 Å². The zero-order valence-corrected chi connectivity index (χ0v) is 16.4. The van der Waals surface area contributed by atoms with Gasteiger partial charge in [-0.1, -0.05) is 6.07 Å². The molecular formula is C22H30N2O3. The fourth-order valence-corrected chi connectivity index (χ4v) is 5.97. The van der Waals surface area contributed by atoms with Gasteiger partial charge in [-0.25, -0.2) is 4.79 Å². The van der Waals surface area contributed by atoms with Gasteiger partial charge < -0.3 is 15.0 Å². The van der Waals surface area contributed by atoms with Crippen molar-refractivity contribution in [1.29, 1.82) is 0 Å². The fourth-order valence-electron chi connectivity index (χ4n) is 5.97. The minimum Gasteiger partial charge on any atom is -0.452 e. The minimum absolute atomic E-state index is 0.192. The maximum absolute atomic E-state index is 12.3. The smallest absolute Gasteiger partial charge is 0.338 e. The van der Waals surface area contributed by atoms with Crippen molar-refractivity contribution >= 4 is 17.6 Å². The number of esters is 1. The SMILES string of the molecule is CN(C)c1cccc(C(=O)OCC(=O)NCC23CC4CC(CC(C4)C2)C3)c1. The van der Waals surface area contributed by atoms with Crippen LogP contribution < -0.4 is 10.2 Å². The number of benzene rings is 1. The Balaban J connectivity index is 1.26. The van der Waals surface area contributed by atoms with Gasteiger partial charge in [-0.3, -0.25) is 4.79 Å². The van der Waals surface area contributed by atoms with Crippen LogP contribution in [0.15, 0.2) is 24.3 Å². The third-order valence-corrected chi connectivity index (χ3v) is 6.76. The monoisotopic (exact) mass is 370 g/mol. The Hall–Kier alpha value is -2.04. The van der Waals surface area contributed by atoms with Crippen molar-refractivity contribution in [1.82, 2.24) is 5.32 Å². The third kappa shape index (κ3) is 3.97. The van der Waals surface area contributed by atoms with E-state index in [0.717, 1.165) is 30.0 Å². The molecule has 1 amide bonds. The molecule has 146 valence electrons. The van der Waals surface area contributed by atoms with Crippen LogP contribution >= 0.6 is 0 Å². The molecule has 0 saturated heterocycles. The van der Waals surface area contributed by atoms with Crippen LogP contribution in [0.3, 0.4) is 0 Å². The number of nitrogens with one attached hydrogen (secondary N) is 1. The number of amides is 1. The predicted octanol–water partition coefficient (Wildman–Crippen LogP) is 3.24. The largest absolute Gasteiger partial charge is 0.452 e. The molecule has 0 aromatic heterocycles. The Kier molecular flexibility index (Phi) is 4.87. The molecule has 1 N–H and O–H groups in total. The highest BCUT2D eigenvalue weighted by molar-refractivity contribution is 5.92. The average molecular weight is 370 g/mol. The topological polar surface area (TPSA) is 58.6 Å². The first-order valence-corrected chi connectivity index (χ1v) is 10.1. The van der Waals surface area contributed by atoms with Gasteiger partial charge >= 0.3 is 5.97 Å². The van der Waals surface area contributed by atoms with Gasteiger partial charge in [-0.05, 0) is 79.9 Å². The molecule has 1 aromatic rings. The molecule has 0 atom stereocenters. The van der Waals surface area contributed by atoms with E-state index in [0.29, 0.717) is 11.0 Å². The number of carbonyl (C=O) groups excluding carboxylic acids is 2. The third-order valence-electron chi connectivity index (χ3n) is 6.76. The molecular weight excluding hydrogens is 340 g/mol. The van der Waals surface area contributed by atoms with E-state index >= 15 is 0 Å². The second-order valence-corrected chi connectivity index (χ2v) is 9.22. The molecule has 0 spiro atoms. The van der Waals surface area contributed by atoms with Crippen LogP contribution in [-0.4, -0.2) is 39.1 Å². The lowest BCUT2D eigenvalue weighted by Crippen LogP contribution is -2.51. The van der Waals surface area contributed by atoms with Gasteiger partial charge in [0.15, 0.2) is 6.61 Å². The molecule has 0 aliphatic heterocycles. The van der Waals surface area contributed by atoms with Crippen molar-refractivity contribution in [3.63, 3.8) is 0 Å². The maximum Gasteiger partial charge on any atom is 0.338 e. The predicted molar refractivity (Wildman–Crippen MR) is 105 cm³/mol. The summed E-state index contributed by atoms with van der Waals surface area (Å²) in [6.45, 7) is 0.528. The molecule has 4 fully saturated rings. The van der Waals surface area contributed by atoms with Crippen LogP contribution in [0.1, 0.15) is 48.9 Å². The Morgan fingerprint density at radius 2 is 1.74 bits per heavy atom. The summed E-state index contributed by atoms with van der Waals surface area (Å²) in [6, 6.07) is 7.23. The minimum atomic E-state index is -0.455. The quantitative estimate of drug-likeness (QED) is 0.781. The Bertz CT molecular complexity index is 693. The van der Waals surface area contributed by atoms with Crippen molar-refractivity contribution in [2.45, 2.75) is 38.5 Å². The molecule has 0 radical (unpaired) electrons. The van der Waals surface area contributed by atoms with E-state index in [1.54, 1.807) is 12.1 Å². The Morgan fingerprint density at radius 1 is 1.11 bits per heavy atom. The van der Waals surface area contributed by atoms with Gasteiger partial charge in [-0.15, -0.1) is 0 Å². The molecule has 4 bridgehead atoms. The summed E-state index contributed by atoms with van der Waals surface area (Å²) in [5, 5.41) is 3.05. The summed E-state index contributed by atoms with van der Waals surface area (Å²) in [4.78, 5) is 26.4. The van der Waals surface area contributed by atoms with E-state index in [1.807, 2.05) is 31.1 Å². The second kappa shape index (κ2) is 7.17. The van der Waals surface area contributed by atoms with Crippen molar-refractivity contribution in [2.75, 3.05) is 32.1 Å². The fraction of sp³-hybridized carbons (Fsp3) is 0.636. The van der Waals surface area contributed by atoms with E-state index in [9.17, 15) is 9.59 Å². The summed E-state index contributed by atoms with van der Waals surface area (Å²) < 4.78 is 5.23. The average Bonchev–Trinajstić information content (AvgIpc) is 2.63. The van der Waals surface area contributed by atoms with E-state index in [4.69, 9.17) is 4.74 Å². The molecule has 4 saturated carbocycles. The van der Waals surface area contributed by atoms with E-state index in [-0.39, 0.29) is 12.5 Å². The van der Waals surface area contributed by atoms with Crippen LogP contribution in [0.2, 0.25) is 0 Å². The van der Waals surface area contributed by atoms with Crippen molar-refractivity contribution in [3.05, 3.63) is 29.8 Å². The zero-order valence-electron chi connectivity index (χ0n) is 16.4. The number of hydrogen-bond acceptors (Lipinski definition) is 4. The van der Waals surface area contributed by atoms with Gasteiger partial charge in [-0.2, -0.15) is 0 Å². The highest BCUT2D eigenvalue weighted by Crippen LogP contribution is 2.59. The number of rotatable bonds is 6. The molecule has 0 unspecified atom stereocenters. The van der Waals surface area contributed by atoms with Gasteiger partial charge in [0.25, 0.3) is 5.91 Å². The first-order chi connectivity index (χ1) is 12.9. The lowest BCUT2D eigenvalue weighted by molar-refractivity contribution is -0.126. The van der Waals surface area contributed by atoms with Gasteiger partial charge in [0.2, 0.25) is 0 Å². The first-order valence-electron chi connectivity index (χ1n) is 10.1. The van der Waals surface area contributed by atoms with E-state index < -0.39 is 5.97 Å². The summed E-state index contributed by atoms with van der Waals surface area (Å²) >= 11 is 0. The number of hydrogen-bond donors (Lipinski definition) is 1. The van der Waals surface area contributed by atoms with Gasteiger partial charge in [0.05, 0.1) is 5.56 Å². The van der Waals surface area contributed by atoms with Crippen LogP contribution in [-0.2, 0) is 9.53 Å². The molecule has 27 heavy (non-hydrogen) atoms. The molecule has 0 heterocycles. The highest BCUT2D eigenvalue weighted by Gasteiger charge is 2.50. The lowest BCUT2D eigenvalue weighted by Gasteiger charge is -2.56. The number of anilines is 1. The summed E-state index contributed by atoms with van der Waals surface area (Å²) in [7, 11) is 3.84. The lowest BCUT2D eigenvalue weighted by atomic mass is 9.49. The summed E-state index contributed by atoms with van der Waals surface area (Å²) in [5.74, 6) is 1.96. The molecule has 4 aliphatic rings. The first kappa shape index (κ1) is 18.3. The molecule has 4 aliphatic carbocycles. The second-order valence-electron chi connectivity index (χ2n) is 9.22. The van der Waals surface area contributed by atoms with Crippen LogP contribution in [0.4, 0.5) is 5.69 Å². The number of ether oxygens (including phenoxy) is 1.